The summed E-state index contributed by atoms with van der Waals surface area (Å²) in [6.07, 6.45) is -1.53. The SMILES string of the molecule is OCCSNc1ccc2c(c1)N1CCC(CC1)OCCN(CC(F)(F)F)c1cc(ccn1)-c1nnc-2o1. The number of rotatable bonds is 5. The molecule has 6 rings (SSSR count). The molecule has 37 heavy (non-hydrogen) atoms. The van der Waals surface area contributed by atoms with Crippen molar-refractivity contribution in [2.75, 3.05) is 59.7 Å². The summed E-state index contributed by atoms with van der Waals surface area (Å²) in [7, 11) is 0. The molecule has 6 bridgehead atoms. The van der Waals surface area contributed by atoms with Crippen LogP contribution in [0.15, 0.2) is 40.9 Å². The lowest BCUT2D eigenvalue weighted by Gasteiger charge is -2.35. The molecule has 1 fully saturated rings. The molecular formula is C24H27F3N6O3S. The van der Waals surface area contributed by atoms with E-state index < -0.39 is 12.7 Å². The predicted molar refractivity (Wildman–Crippen MR) is 136 cm³/mol. The largest absolute Gasteiger partial charge is 0.416 e. The lowest BCUT2D eigenvalue weighted by Crippen LogP contribution is -2.40. The van der Waals surface area contributed by atoms with Gasteiger partial charge in [0.25, 0.3) is 0 Å². The van der Waals surface area contributed by atoms with Crippen molar-refractivity contribution >= 4 is 29.1 Å². The number of aliphatic hydroxyl groups is 1. The first-order valence-electron chi connectivity index (χ1n) is 12.0. The van der Waals surface area contributed by atoms with Crippen molar-refractivity contribution in [1.29, 1.82) is 0 Å². The molecule has 5 heterocycles. The van der Waals surface area contributed by atoms with Crippen molar-refractivity contribution in [3.8, 4) is 22.9 Å². The van der Waals surface area contributed by atoms with Gasteiger partial charge < -0.3 is 28.8 Å². The summed E-state index contributed by atoms with van der Waals surface area (Å²) in [5.41, 5.74) is 3.05. The number of pyridine rings is 1. The average Bonchev–Trinajstić information content (AvgIpc) is 3.38. The molecule has 2 aromatic heterocycles. The lowest BCUT2D eigenvalue weighted by atomic mass is 10.0. The molecule has 198 valence electrons. The molecule has 0 unspecified atom stereocenters. The predicted octanol–water partition coefficient (Wildman–Crippen LogP) is 4.22. The van der Waals surface area contributed by atoms with E-state index in [9.17, 15) is 13.2 Å². The number of aliphatic hydroxyl groups excluding tert-OH is 1. The van der Waals surface area contributed by atoms with Crippen molar-refractivity contribution in [2.24, 2.45) is 0 Å². The van der Waals surface area contributed by atoms with Crippen LogP contribution >= 0.6 is 11.9 Å². The Bertz CT molecular complexity index is 1200. The third-order valence-electron chi connectivity index (χ3n) is 6.22. The van der Waals surface area contributed by atoms with Gasteiger partial charge in [-0.25, -0.2) is 4.98 Å². The first kappa shape index (κ1) is 25.6. The zero-order valence-electron chi connectivity index (χ0n) is 19.9. The Kier molecular flexibility index (Phi) is 7.72. The van der Waals surface area contributed by atoms with Crippen LogP contribution in [0.2, 0.25) is 0 Å². The maximum absolute atomic E-state index is 13.3. The summed E-state index contributed by atoms with van der Waals surface area (Å²) in [4.78, 5) is 7.57. The molecule has 3 aliphatic heterocycles. The molecule has 13 heteroatoms. The fraction of sp³-hybridized carbons (Fsp3) is 0.458. The number of nitrogens with zero attached hydrogens (tertiary/aromatic N) is 5. The van der Waals surface area contributed by atoms with E-state index in [4.69, 9.17) is 14.3 Å². The number of benzene rings is 1. The molecule has 0 radical (unpaired) electrons. The summed E-state index contributed by atoms with van der Waals surface area (Å²) < 4.78 is 55.3. The van der Waals surface area contributed by atoms with Crippen molar-refractivity contribution in [2.45, 2.75) is 25.1 Å². The fourth-order valence-corrected chi connectivity index (χ4v) is 4.96. The Morgan fingerprint density at radius 2 is 1.89 bits per heavy atom. The molecule has 3 aromatic rings. The maximum atomic E-state index is 13.3. The number of hydrogen-bond acceptors (Lipinski definition) is 10. The second kappa shape index (κ2) is 11.2. The van der Waals surface area contributed by atoms with E-state index >= 15 is 0 Å². The fourth-order valence-electron chi connectivity index (χ4n) is 4.47. The number of fused-ring (bicyclic) bond motifs is 5. The highest BCUT2D eigenvalue weighted by Crippen LogP contribution is 2.37. The number of nitrogens with one attached hydrogen (secondary N) is 1. The number of aromatic nitrogens is 3. The zero-order chi connectivity index (χ0) is 25.8. The molecule has 0 atom stereocenters. The topological polar surface area (TPSA) is 99.8 Å². The van der Waals surface area contributed by atoms with Crippen molar-refractivity contribution in [1.82, 2.24) is 15.2 Å². The Morgan fingerprint density at radius 1 is 1.08 bits per heavy atom. The van der Waals surface area contributed by atoms with E-state index in [-0.39, 0.29) is 37.6 Å². The van der Waals surface area contributed by atoms with Crippen LogP contribution < -0.4 is 14.5 Å². The van der Waals surface area contributed by atoms with Crippen molar-refractivity contribution in [3.63, 3.8) is 0 Å². The van der Waals surface area contributed by atoms with Crippen molar-refractivity contribution < 1.29 is 27.4 Å². The third-order valence-corrected chi connectivity index (χ3v) is 6.99. The van der Waals surface area contributed by atoms with Gasteiger partial charge in [-0.3, -0.25) is 0 Å². The van der Waals surface area contributed by atoms with Crippen molar-refractivity contribution in [3.05, 3.63) is 36.5 Å². The molecular weight excluding hydrogens is 509 g/mol. The summed E-state index contributed by atoms with van der Waals surface area (Å²) in [6.45, 7) is 0.558. The molecule has 0 aliphatic carbocycles. The number of alkyl halides is 3. The molecule has 3 aliphatic rings. The zero-order valence-corrected chi connectivity index (χ0v) is 20.8. The summed E-state index contributed by atoms with van der Waals surface area (Å²) in [6, 6.07) is 8.98. The summed E-state index contributed by atoms with van der Waals surface area (Å²) >= 11 is 1.41. The highest BCUT2D eigenvalue weighted by atomic mass is 32.2. The highest BCUT2D eigenvalue weighted by molar-refractivity contribution is 8.00. The monoisotopic (exact) mass is 536 g/mol. The molecule has 1 aromatic carbocycles. The number of hydrogen-bond donors (Lipinski definition) is 2. The minimum absolute atomic E-state index is 0.0453. The summed E-state index contributed by atoms with van der Waals surface area (Å²) in [5.74, 6) is 1.23. The van der Waals surface area contributed by atoms with Gasteiger partial charge >= 0.3 is 6.18 Å². The number of ether oxygens (including phenoxy) is 1. The quantitative estimate of drug-likeness (QED) is 0.364. The van der Waals surface area contributed by atoms with E-state index in [0.29, 0.717) is 30.3 Å². The smallest absolute Gasteiger partial charge is 0.405 e. The van der Waals surface area contributed by atoms with E-state index in [1.165, 1.54) is 29.1 Å². The van der Waals surface area contributed by atoms with Gasteiger partial charge in [-0.1, -0.05) is 11.9 Å². The van der Waals surface area contributed by atoms with Gasteiger partial charge in [0.05, 0.1) is 30.6 Å². The van der Waals surface area contributed by atoms with E-state index in [1.54, 1.807) is 6.07 Å². The Morgan fingerprint density at radius 3 is 2.68 bits per heavy atom. The molecule has 2 N–H and O–H groups in total. The second-order valence-corrected chi connectivity index (χ2v) is 9.72. The lowest BCUT2D eigenvalue weighted by molar-refractivity contribution is -0.120. The normalized spacial score (nSPS) is 16.6. The van der Waals surface area contributed by atoms with Gasteiger partial charge in [0.15, 0.2) is 0 Å². The van der Waals surface area contributed by atoms with Gasteiger partial charge in [-0.05, 0) is 43.2 Å². The number of anilines is 3. The minimum atomic E-state index is -4.39. The Labute approximate surface area is 216 Å². The van der Waals surface area contributed by atoms with E-state index in [1.807, 2.05) is 18.2 Å². The van der Waals surface area contributed by atoms with Gasteiger partial charge in [0.1, 0.15) is 12.4 Å². The van der Waals surface area contributed by atoms with Crippen LogP contribution in [-0.2, 0) is 4.74 Å². The number of piperidine rings is 1. The Hall–Kier alpha value is -3.03. The van der Waals surface area contributed by atoms with Gasteiger partial charge in [0, 0.05) is 42.8 Å². The first-order chi connectivity index (χ1) is 17.9. The molecule has 0 spiro atoms. The standard InChI is InChI=1S/C24H27F3N6O3S/c25-24(26,27)15-33-9-11-35-18-4-7-32(8-5-18)20-14-17(31-37-12-10-34)1-2-19(20)23-30-29-22(36-23)16-3-6-28-21(33)13-16/h1-3,6,13-14,18,31,34H,4-5,7-12,15H2. The van der Waals surface area contributed by atoms with Crippen LogP contribution in [0.1, 0.15) is 12.8 Å². The van der Waals surface area contributed by atoms with Crippen LogP contribution in [0, 0.1) is 0 Å². The molecule has 0 amide bonds. The first-order valence-corrected chi connectivity index (χ1v) is 13.0. The average molecular weight is 537 g/mol. The van der Waals surface area contributed by atoms with Crippen LogP contribution in [0.5, 0.6) is 0 Å². The molecule has 1 saturated heterocycles. The second-order valence-electron chi connectivity index (χ2n) is 8.82. The van der Waals surface area contributed by atoms with Crippen LogP contribution in [-0.4, -0.2) is 77.7 Å². The molecule has 0 saturated carbocycles. The van der Waals surface area contributed by atoms with Gasteiger partial charge in [-0.2, -0.15) is 13.2 Å². The highest BCUT2D eigenvalue weighted by Gasteiger charge is 2.32. The van der Waals surface area contributed by atoms with E-state index in [0.717, 1.165) is 29.8 Å². The van der Waals surface area contributed by atoms with Gasteiger partial charge in [-0.15, -0.1) is 10.2 Å². The van der Waals surface area contributed by atoms with E-state index in [2.05, 4.69) is 24.8 Å². The maximum Gasteiger partial charge on any atom is 0.405 e. The van der Waals surface area contributed by atoms with Crippen LogP contribution in [0.3, 0.4) is 0 Å². The minimum Gasteiger partial charge on any atom is -0.416 e. The Balaban J connectivity index is 1.53. The molecule has 9 nitrogen and oxygen atoms in total. The van der Waals surface area contributed by atoms with Crippen LogP contribution in [0.25, 0.3) is 22.9 Å². The summed E-state index contributed by atoms with van der Waals surface area (Å²) in [5, 5.41) is 17.5. The van der Waals surface area contributed by atoms with Crippen LogP contribution in [0.4, 0.5) is 30.4 Å². The van der Waals surface area contributed by atoms with Gasteiger partial charge in [0.2, 0.25) is 11.8 Å². The third kappa shape index (κ3) is 6.28. The number of halogens is 3.